The molecule has 1 aliphatic heterocycles. The Morgan fingerprint density at radius 1 is 1.08 bits per heavy atom. The molecule has 1 unspecified atom stereocenters. The average Bonchev–Trinajstić information content (AvgIpc) is 3.15. The molecule has 10 heteroatoms. The Hall–Kier alpha value is -3.63. The normalized spacial score (nSPS) is 15.7. The molecule has 1 N–H and O–H groups in total. The molecule has 0 saturated carbocycles. The summed E-state index contributed by atoms with van der Waals surface area (Å²) in [6.07, 6.45) is -2.88. The highest BCUT2D eigenvalue weighted by Crippen LogP contribution is 2.35. The Kier molecular flexibility index (Phi) is 7.99. The second kappa shape index (κ2) is 11.2. The predicted octanol–water partition coefficient (Wildman–Crippen LogP) is 6.51. The molecule has 1 aliphatic rings. The molecule has 0 bridgehead atoms. The third-order valence-corrected chi connectivity index (χ3v) is 6.78. The van der Waals surface area contributed by atoms with Crippen LogP contribution in [-0.4, -0.2) is 27.1 Å². The second-order valence-electron chi connectivity index (χ2n) is 8.14. The summed E-state index contributed by atoms with van der Waals surface area (Å²) in [5, 5.41) is 2.43. The van der Waals surface area contributed by atoms with Crippen LogP contribution >= 0.6 is 24.0 Å². The standard InChI is InChI=1S/C27H21F3N2O3S2/c1-17(24(33)31-21-11-6-10-20(15-21)27(28,29)30)32-25(34)23(37-26(32)36)14-19-9-5-12-22(13-19)35-16-18-7-3-2-4-8-18/h2-15,17H,16H2,1H3,(H,31,33)/b23-14-. The quantitative estimate of drug-likeness (QED) is 0.272. The summed E-state index contributed by atoms with van der Waals surface area (Å²) in [7, 11) is 0. The fourth-order valence-corrected chi connectivity index (χ4v) is 4.96. The summed E-state index contributed by atoms with van der Waals surface area (Å²) in [5.41, 5.74) is 0.819. The minimum Gasteiger partial charge on any atom is -0.489 e. The zero-order valence-electron chi connectivity index (χ0n) is 19.5. The second-order valence-corrected chi connectivity index (χ2v) is 9.82. The average molecular weight is 543 g/mol. The molecule has 0 aliphatic carbocycles. The topological polar surface area (TPSA) is 58.6 Å². The third-order valence-electron chi connectivity index (χ3n) is 5.45. The van der Waals surface area contributed by atoms with E-state index in [4.69, 9.17) is 17.0 Å². The van der Waals surface area contributed by atoms with Crippen LogP contribution in [0, 0.1) is 0 Å². The number of hydrogen-bond donors (Lipinski definition) is 1. The van der Waals surface area contributed by atoms with Gasteiger partial charge in [0.2, 0.25) is 5.91 Å². The van der Waals surface area contributed by atoms with Crippen LogP contribution < -0.4 is 10.1 Å². The zero-order chi connectivity index (χ0) is 26.6. The number of anilines is 1. The molecule has 0 aromatic heterocycles. The maximum Gasteiger partial charge on any atom is 0.416 e. The Morgan fingerprint density at radius 2 is 1.81 bits per heavy atom. The molecule has 0 spiro atoms. The van der Waals surface area contributed by atoms with E-state index in [9.17, 15) is 22.8 Å². The largest absolute Gasteiger partial charge is 0.489 e. The van der Waals surface area contributed by atoms with Gasteiger partial charge in [0.25, 0.3) is 5.91 Å². The van der Waals surface area contributed by atoms with Gasteiger partial charge in [0.1, 0.15) is 22.7 Å². The summed E-state index contributed by atoms with van der Waals surface area (Å²) < 4.78 is 45.0. The number of rotatable bonds is 7. The lowest BCUT2D eigenvalue weighted by atomic mass is 10.1. The number of alkyl halides is 3. The maximum atomic E-state index is 13.1. The summed E-state index contributed by atoms with van der Waals surface area (Å²) in [4.78, 5) is 27.3. The van der Waals surface area contributed by atoms with Crippen molar-refractivity contribution in [3.63, 3.8) is 0 Å². The van der Waals surface area contributed by atoms with Gasteiger partial charge in [0, 0.05) is 5.69 Å². The van der Waals surface area contributed by atoms with Crippen molar-refractivity contribution in [2.24, 2.45) is 0 Å². The lowest BCUT2D eigenvalue weighted by Crippen LogP contribution is -2.44. The van der Waals surface area contributed by atoms with Gasteiger partial charge in [-0.05, 0) is 54.5 Å². The van der Waals surface area contributed by atoms with Gasteiger partial charge in [-0.2, -0.15) is 13.2 Å². The van der Waals surface area contributed by atoms with Crippen molar-refractivity contribution in [2.45, 2.75) is 25.7 Å². The van der Waals surface area contributed by atoms with Crippen LogP contribution in [0.2, 0.25) is 0 Å². The van der Waals surface area contributed by atoms with E-state index < -0.39 is 29.6 Å². The maximum absolute atomic E-state index is 13.1. The van der Waals surface area contributed by atoms with Crippen LogP contribution in [0.25, 0.3) is 6.08 Å². The van der Waals surface area contributed by atoms with Crippen LogP contribution in [0.5, 0.6) is 5.75 Å². The highest BCUT2D eigenvalue weighted by molar-refractivity contribution is 8.26. The molecule has 37 heavy (non-hydrogen) atoms. The number of thioether (sulfide) groups is 1. The first-order chi connectivity index (χ1) is 17.6. The van der Waals surface area contributed by atoms with E-state index in [1.807, 2.05) is 42.5 Å². The third kappa shape index (κ3) is 6.58. The highest BCUT2D eigenvalue weighted by atomic mass is 32.2. The molecule has 3 aromatic rings. The zero-order valence-corrected chi connectivity index (χ0v) is 21.1. The molecular formula is C27H21F3N2O3S2. The van der Waals surface area contributed by atoms with Gasteiger partial charge >= 0.3 is 6.18 Å². The summed E-state index contributed by atoms with van der Waals surface area (Å²) in [6, 6.07) is 20.2. The molecule has 190 valence electrons. The van der Waals surface area contributed by atoms with Gasteiger partial charge < -0.3 is 10.1 Å². The van der Waals surface area contributed by atoms with Crippen LogP contribution in [0.3, 0.4) is 0 Å². The number of nitrogens with zero attached hydrogens (tertiary/aromatic N) is 1. The van der Waals surface area contributed by atoms with Crippen molar-refractivity contribution >= 4 is 51.9 Å². The van der Waals surface area contributed by atoms with Crippen molar-refractivity contribution in [3.05, 3.63) is 100 Å². The number of hydrogen-bond acceptors (Lipinski definition) is 5. The van der Waals surface area contributed by atoms with Gasteiger partial charge in [-0.15, -0.1) is 0 Å². The smallest absolute Gasteiger partial charge is 0.416 e. The summed E-state index contributed by atoms with van der Waals surface area (Å²) in [5.74, 6) is -0.493. The number of nitrogens with one attached hydrogen (secondary N) is 1. The number of thiocarbonyl (C=S) groups is 1. The molecule has 1 heterocycles. The van der Waals surface area contributed by atoms with E-state index in [1.54, 1.807) is 18.2 Å². The Labute approximate surface area is 221 Å². The van der Waals surface area contributed by atoms with Crippen LogP contribution in [-0.2, 0) is 22.4 Å². The number of carbonyl (C=O) groups excluding carboxylic acids is 2. The van der Waals surface area contributed by atoms with Crippen LogP contribution in [0.15, 0.2) is 83.8 Å². The van der Waals surface area contributed by atoms with Gasteiger partial charge in [-0.1, -0.05) is 72.5 Å². The first-order valence-electron chi connectivity index (χ1n) is 11.1. The van der Waals surface area contributed by atoms with Gasteiger partial charge in [-0.3, -0.25) is 14.5 Å². The molecular weight excluding hydrogens is 521 g/mol. The Morgan fingerprint density at radius 3 is 2.54 bits per heavy atom. The first-order valence-corrected chi connectivity index (χ1v) is 12.4. The van der Waals surface area contributed by atoms with Crippen molar-refractivity contribution in [1.29, 1.82) is 0 Å². The fraction of sp³-hybridized carbons (Fsp3) is 0.148. The Balaban J connectivity index is 1.44. The predicted molar refractivity (Wildman–Crippen MR) is 142 cm³/mol. The lowest BCUT2D eigenvalue weighted by Gasteiger charge is -2.22. The van der Waals surface area contributed by atoms with Gasteiger partial charge in [0.05, 0.1) is 10.5 Å². The molecule has 4 rings (SSSR count). The molecule has 3 aromatic carbocycles. The number of ether oxygens (including phenoxy) is 1. The van der Waals surface area contributed by atoms with E-state index in [1.165, 1.54) is 19.1 Å². The lowest BCUT2D eigenvalue weighted by molar-refractivity contribution is -0.137. The van der Waals surface area contributed by atoms with E-state index in [0.717, 1.165) is 34.4 Å². The summed E-state index contributed by atoms with van der Waals surface area (Å²) >= 11 is 6.39. The van der Waals surface area contributed by atoms with Gasteiger partial charge in [-0.25, -0.2) is 0 Å². The van der Waals surface area contributed by atoms with Crippen molar-refractivity contribution < 1.29 is 27.5 Å². The van der Waals surface area contributed by atoms with Gasteiger partial charge in [0.15, 0.2) is 0 Å². The van der Waals surface area contributed by atoms with E-state index in [0.29, 0.717) is 22.8 Å². The van der Waals surface area contributed by atoms with Crippen molar-refractivity contribution in [2.75, 3.05) is 5.32 Å². The highest BCUT2D eigenvalue weighted by Gasteiger charge is 2.38. The number of benzene rings is 3. The first kappa shape index (κ1) is 26.4. The summed E-state index contributed by atoms with van der Waals surface area (Å²) in [6.45, 7) is 1.86. The molecule has 0 radical (unpaired) electrons. The molecule has 1 atom stereocenters. The molecule has 2 amide bonds. The monoisotopic (exact) mass is 542 g/mol. The van der Waals surface area contributed by atoms with E-state index >= 15 is 0 Å². The van der Waals surface area contributed by atoms with Crippen molar-refractivity contribution in [3.8, 4) is 5.75 Å². The minimum absolute atomic E-state index is 0.0278. The van der Waals surface area contributed by atoms with E-state index in [2.05, 4.69) is 5.32 Å². The Bertz CT molecular complexity index is 1360. The molecule has 5 nitrogen and oxygen atoms in total. The fourth-order valence-electron chi connectivity index (χ4n) is 3.54. The van der Waals surface area contributed by atoms with Crippen LogP contribution in [0.1, 0.15) is 23.6 Å². The molecule has 1 saturated heterocycles. The molecule has 1 fully saturated rings. The number of carbonyl (C=O) groups is 2. The van der Waals surface area contributed by atoms with Crippen molar-refractivity contribution in [1.82, 2.24) is 4.90 Å². The van der Waals surface area contributed by atoms with Crippen LogP contribution in [0.4, 0.5) is 18.9 Å². The number of halogens is 3. The number of amides is 2. The minimum atomic E-state index is -4.54. The van der Waals surface area contributed by atoms with E-state index in [-0.39, 0.29) is 10.0 Å². The SMILES string of the molecule is CC(C(=O)Nc1cccc(C(F)(F)F)c1)N1C(=O)/C(=C/c2cccc(OCc3ccccc3)c2)SC1=S.